The lowest BCUT2D eigenvalue weighted by atomic mass is 9.82. The molecule has 0 aromatic heterocycles. The normalized spacial score (nSPS) is 12.1. The first-order chi connectivity index (χ1) is 15.2. The maximum atomic E-state index is 13.3. The zero-order valence-electron chi connectivity index (χ0n) is 18.8. The van der Waals surface area contributed by atoms with Gasteiger partial charge in [0, 0.05) is 29.5 Å². The van der Waals surface area contributed by atoms with Crippen LogP contribution in [-0.2, 0) is 6.42 Å². The highest BCUT2D eigenvalue weighted by Crippen LogP contribution is 2.36. The van der Waals surface area contributed by atoms with Gasteiger partial charge < -0.3 is 4.74 Å². The number of carbonyl (C=O) groups is 2. The van der Waals surface area contributed by atoms with E-state index in [-0.39, 0.29) is 11.6 Å². The highest BCUT2D eigenvalue weighted by molar-refractivity contribution is 6.29. The first kappa shape index (κ1) is 22.8. The molecular formula is C28H32O3. The Morgan fingerprint density at radius 1 is 0.742 bits per heavy atom. The Morgan fingerprint density at radius 3 is 2.19 bits per heavy atom. The lowest BCUT2D eigenvalue weighted by molar-refractivity contribution is 0.0975. The number of rotatable bonds is 10. The summed E-state index contributed by atoms with van der Waals surface area (Å²) in [5.74, 6) is 6.74. The molecule has 0 bridgehead atoms. The van der Waals surface area contributed by atoms with Crippen molar-refractivity contribution in [2.45, 2.75) is 71.6 Å². The summed E-state index contributed by atoms with van der Waals surface area (Å²) in [4.78, 5) is 26.3. The highest BCUT2D eigenvalue weighted by Gasteiger charge is 2.33. The van der Waals surface area contributed by atoms with Gasteiger partial charge in [-0.05, 0) is 30.9 Å². The molecule has 3 rings (SSSR count). The summed E-state index contributed by atoms with van der Waals surface area (Å²) in [5.41, 5.74) is 2.80. The third kappa shape index (κ3) is 5.44. The number of ketones is 2. The van der Waals surface area contributed by atoms with Crippen molar-refractivity contribution in [2.75, 3.05) is 6.61 Å². The van der Waals surface area contributed by atoms with E-state index < -0.39 is 0 Å². The maximum absolute atomic E-state index is 13.3. The second kappa shape index (κ2) is 11.5. The van der Waals surface area contributed by atoms with Crippen LogP contribution in [0, 0.1) is 11.8 Å². The van der Waals surface area contributed by atoms with Crippen molar-refractivity contribution in [1.29, 1.82) is 0 Å². The van der Waals surface area contributed by atoms with Crippen molar-refractivity contribution in [3.8, 4) is 17.6 Å². The average molecular weight is 417 g/mol. The van der Waals surface area contributed by atoms with Crippen LogP contribution in [0.1, 0.15) is 103 Å². The summed E-state index contributed by atoms with van der Waals surface area (Å²) in [6, 6.07) is 10.8. The fraction of sp³-hybridized carbons (Fsp3) is 0.429. The number of hydrogen-bond donors (Lipinski definition) is 0. The first-order valence-electron chi connectivity index (χ1n) is 11.6. The zero-order chi connectivity index (χ0) is 22.1. The molecule has 162 valence electrons. The van der Waals surface area contributed by atoms with Crippen LogP contribution >= 0.6 is 0 Å². The third-order valence-corrected chi connectivity index (χ3v) is 5.68. The molecule has 0 saturated carbocycles. The first-order valence-corrected chi connectivity index (χ1v) is 11.6. The van der Waals surface area contributed by atoms with Gasteiger partial charge in [0.1, 0.15) is 5.75 Å². The number of aryl methyl sites for hydroxylation is 1. The van der Waals surface area contributed by atoms with Crippen LogP contribution in [0.2, 0.25) is 0 Å². The zero-order valence-corrected chi connectivity index (χ0v) is 18.8. The molecular weight excluding hydrogens is 384 g/mol. The standard InChI is InChI=1S/C28H32O3/c1-3-5-7-8-9-10-11-14-20-31-28-21(15-6-4-2)18-19-24-25(28)27(30)23-17-13-12-16-22(23)26(24)29/h12-13,16-19H,3-9,14-15,20H2,1-2H3. The van der Waals surface area contributed by atoms with Crippen molar-refractivity contribution in [2.24, 2.45) is 0 Å². The summed E-state index contributed by atoms with van der Waals surface area (Å²) >= 11 is 0. The highest BCUT2D eigenvalue weighted by atomic mass is 16.5. The summed E-state index contributed by atoms with van der Waals surface area (Å²) < 4.78 is 6.14. The van der Waals surface area contributed by atoms with E-state index in [1.54, 1.807) is 30.3 Å². The van der Waals surface area contributed by atoms with Gasteiger partial charge in [-0.15, -0.1) is 5.92 Å². The molecule has 31 heavy (non-hydrogen) atoms. The second-order valence-corrected chi connectivity index (χ2v) is 8.05. The van der Waals surface area contributed by atoms with Gasteiger partial charge in [-0.2, -0.15) is 0 Å². The predicted octanol–water partition coefficient (Wildman–Crippen LogP) is 6.55. The topological polar surface area (TPSA) is 43.4 Å². The largest absolute Gasteiger partial charge is 0.492 e. The van der Waals surface area contributed by atoms with Gasteiger partial charge in [0.05, 0.1) is 12.2 Å². The molecule has 0 unspecified atom stereocenters. The molecule has 0 amide bonds. The van der Waals surface area contributed by atoms with Crippen LogP contribution in [0.4, 0.5) is 0 Å². The number of carbonyl (C=O) groups excluding carboxylic acids is 2. The second-order valence-electron chi connectivity index (χ2n) is 8.05. The Morgan fingerprint density at radius 2 is 1.45 bits per heavy atom. The van der Waals surface area contributed by atoms with Crippen LogP contribution in [0.5, 0.6) is 5.75 Å². The van der Waals surface area contributed by atoms with E-state index >= 15 is 0 Å². The molecule has 0 saturated heterocycles. The molecule has 1 aliphatic carbocycles. The Hall–Kier alpha value is -2.86. The molecule has 0 N–H and O–H groups in total. The summed E-state index contributed by atoms with van der Waals surface area (Å²) in [5, 5.41) is 0. The van der Waals surface area contributed by atoms with Crippen LogP contribution in [-0.4, -0.2) is 18.2 Å². The summed E-state index contributed by atoms with van der Waals surface area (Å²) in [7, 11) is 0. The van der Waals surface area contributed by atoms with E-state index in [9.17, 15) is 9.59 Å². The number of unbranched alkanes of at least 4 members (excludes halogenated alkanes) is 5. The number of hydrogen-bond acceptors (Lipinski definition) is 3. The number of ether oxygens (including phenoxy) is 1. The van der Waals surface area contributed by atoms with E-state index in [2.05, 4.69) is 25.7 Å². The Bertz CT molecular complexity index is 991. The van der Waals surface area contributed by atoms with E-state index in [0.29, 0.717) is 41.0 Å². The van der Waals surface area contributed by atoms with Gasteiger partial charge in [-0.1, -0.05) is 75.8 Å². The molecule has 0 heterocycles. The molecule has 0 radical (unpaired) electrons. The molecule has 2 aromatic rings. The fourth-order valence-corrected chi connectivity index (χ4v) is 3.95. The molecule has 0 fully saturated rings. The van der Waals surface area contributed by atoms with E-state index in [4.69, 9.17) is 4.74 Å². The van der Waals surface area contributed by atoms with Crippen molar-refractivity contribution in [3.63, 3.8) is 0 Å². The Balaban J connectivity index is 1.79. The third-order valence-electron chi connectivity index (χ3n) is 5.68. The monoisotopic (exact) mass is 416 g/mol. The quantitative estimate of drug-likeness (QED) is 0.278. The summed E-state index contributed by atoms with van der Waals surface area (Å²) in [6.45, 7) is 4.76. The molecule has 3 nitrogen and oxygen atoms in total. The van der Waals surface area contributed by atoms with Gasteiger partial charge in [-0.25, -0.2) is 0 Å². The molecule has 3 heteroatoms. The van der Waals surface area contributed by atoms with Crippen molar-refractivity contribution in [3.05, 3.63) is 64.2 Å². The lowest BCUT2D eigenvalue weighted by Crippen LogP contribution is -2.22. The fourth-order valence-electron chi connectivity index (χ4n) is 3.95. The lowest BCUT2D eigenvalue weighted by Gasteiger charge is -2.22. The van der Waals surface area contributed by atoms with Gasteiger partial charge in [0.15, 0.2) is 11.6 Å². The summed E-state index contributed by atoms with van der Waals surface area (Å²) in [6.07, 6.45) is 9.29. The van der Waals surface area contributed by atoms with Gasteiger partial charge in [0.2, 0.25) is 0 Å². The van der Waals surface area contributed by atoms with E-state index in [1.165, 1.54) is 19.3 Å². The van der Waals surface area contributed by atoms with Crippen molar-refractivity contribution >= 4 is 11.6 Å². The molecule has 0 spiro atoms. The van der Waals surface area contributed by atoms with Crippen LogP contribution in [0.3, 0.4) is 0 Å². The van der Waals surface area contributed by atoms with Crippen LogP contribution in [0.25, 0.3) is 0 Å². The molecule has 0 atom stereocenters. The minimum atomic E-state index is -0.124. The molecule has 1 aliphatic rings. The van der Waals surface area contributed by atoms with Crippen LogP contribution in [0.15, 0.2) is 36.4 Å². The van der Waals surface area contributed by atoms with Crippen molar-refractivity contribution in [1.82, 2.24) is 0 Å². The van der Waals surface area contributed by atoms with Crippen LogP contribution < -0.4 is 4.74 Å². The molecule has 0 aliphatic heterocycles. The SMILES string of the molecule is CCCCCCC#CCCOc1c(CCCC)ccc2c1C(=O)c1ccccc1C2=O. The predicted molar refractivity (Wildman–Crippen MR) is 125 cm³/mol. The van der Waals surface area contributed by atoms with Gasteiger partial charge >= 0.3 is 0 Å². The number of fused-ring (bicyclic) bond motifs is 2. The minimum absolute atomic E-state index is 0.107. The average Bonchev–Trinajstić information content (AvgIpc) is 2.80. The van der Waals surface area contributed by atoms with Crippen molar-refractivity contribution < 1.29 is 14.3 Å². The number of benzene rings is 2. The Kier molecular flexibility index (Phi) is 8.47. The van der Waals surface area contributed by atoms with E-state index in [0.717, 1.165) is 37.7 Å². The molecule has 2 aromatic carbocycles. The minimum Gasteiger partial charge on any atom is -0.492 e. The Labute approximate surface area is 186 Å². The van der Waals surface area contributed by atoms with Gasteiger partial charge in [-0.3, -0.25) is 9.59 Å². The smallest absolute Gasteiger partial charge is 0.198 e. The van der Waals surface area contributed by atoms with Gasteiger partial charge in [0.25, 0.3) is 0 Å². The maximum Gasteiger partial charge on any atom is 0.198 e. The van der Waals surface area contributed by atoms with E-state index in [1.807, 2.05) is 6.07 Å².